The summed E-state index contributed by atoms with van der Waals surface area (Å²) in [5, 5.41) is 24.0. The molecular weight excluding hydrogens is 469 g/mol. The molecule has 1 aromatic carbocycles. The molecule has 0 atom stereocenters. The predicted molar refractivity (Wildman–Crippen MR) is 125 cm³/mol. The summed E-state index contributed by atoms with van der Waals surface area (Å²) in [5.74, 6) is -3.87. The zero-order chi connectivity index (χ0) is 26.9. The van der Waals surface area contributed by atoms with E-state index < -0.39 is 18.1 Å². The van der Waals surface area contributed by atoms with Gasteiger partial charge in [-0.1, -0.05) is 13.3 Å². The number of nitrogens with zero attached hydrogens (tertiary/aromatic N) is 3. The lowest BCUT2D eigenvalue weighted by atomic mass is 10.1. The van der Waals surface area contributed by atoms with Crippen LogP contribution in [0, 0.1) is 13.8 Å². The Morgan fingerprint density at radius 3 is 2.23 bits per heavy atom. The van der Waals surface area contributed by atoms with Gasteiger partial charge in [-0.3, -0.25) is 9.48 Å². The van der Waals surface area contributed by atoms with Crippen LogP contribution < -0.4 is 10.2 Å². The number of likely N-dealkylation sites (N-methyl/N-ethyl adjacent to an activating group) is 1. The smallest absolute Gasteiger partial charge is 0.478 e. The Bertz CT molecular complexity index is 1050. The van der Waals surface area contributed by atoms with E-state index >= 15 is 0 Å². The van der Waals surface area contributed by atoms with E-state index in [4.69, 9.17) is 9.90 Å². The van der Waals surface area contributed by atoms with Gasteiger partial charge in [0.2, 0.25) is 5.91 Å². The molecule has 0 aliphatic rings. The number of carboxylic acids is 2. The molecule has 1 amide bonds. The van der Waals surface area contributed by atoms with Gasteiger partial charge in [-0.15, -0.1) is 0 Å². The summed E-state index contributed by atoms with van der Waals surface area (Å²) >= 11 is 0. The summed E-state index contributed by atoms with van der Waals surface area (Å²) in [6, 6.07) is 5.03. The van der Waals surface area contributed by atoms with Crippen molar-refractivity contribution in [2.45, 2.75) is 52.6 Å². The molecule has 3 N–H and O–H groups in total. The minimum atomic E-state index is -5.08. The summed E-state index contributed by atoms with van der Waals surface area (Å²) in [6.07, 6.45) is -2.13. The first-order valence-corrected chi connectivity index (χ1v) is 10.9. The third kappa shape index (κ3) is 8.95. The second kappa shape index (κ2) is 12.8. The third-order valence-corrected chi connectivity index (χ3v) is 5.28. The van der Waals surface area contributed by atoms with Crippen LogP contribution in [0.1, 0.15) is 53.5 Å². The molecule has 0 saturated heterocycles. The van der Waals surface area contributed by atoms with Crippen LogP contribution >= 0.6 is 0 Å². The molecule has 0 aliphatic carbocycles. The Morgan fingerprint density at radius 2 is 1.77 bits per heavy atom. The van der Waals surface area contributed by atoms with Gasteiger partial charge in [-0.2, -0.15) is 18.3 Å². The van der Waals surface area contributed by atoms with Crippen molar-refractivity contribution in [3.05, 3.63) is 40.7 Å². The average Bonchev–Trinajstić information content (AvgIpc) is 3.01. The zero-order valence-electron chi connectivity index (χ0n) is 20.4. The number of hydrogen-bond donors (Lipinski definition) is 3. The number of aliphatic carboxylic acids is 1. The summed E-state index contributed by atoms with van der Waals surface area (Å²) < 4.78 is 33.6. The van der Waals surface area contributed by atoms with E-state index in [0.29, 0.717) is 24.3 Å². The van der Waals surface area contributed by atoms with Crippen molar-refractivity contribution in [3.63, 3.8) is 0 Å². The van der Waals surface area contributed by atoms with E-state index in [2.05, 4.69) is 10.4 Å². The molecule has 0 fully saturated rings. The number of aryl methyl sites for hydroxylation is 2. The molecule has 0 bridgehead atoms. The number of amides is 1. The average molecular weight is 501 g/mol. The molecule has 12 heteroatoms. The molecule has 35 heavy (non-hydrogen) atoms. The van der Waals surface area contributed by atoms with E-state index in [0.717, 1.165) is 30.7 Å². The van der Waals surface area contributed by atoms with Crippen molar-refractivity contribution in [1.29, 1.82) is 0 Å². The van der Waals surface area contributed by atoms with Gasteiger partial charge in [-0.25, -0.2) is 9.59 Å². The number of halogens is 3. The molecule has 0 spiro atoms. The van der Waals surface area contributed by atoms with Crippen LogP contribution in [0.25, 0.3) is 0 Å². The number of anilines is 2. The number of aromatic carboxylic acids is 1. The highest BCUT2D eigenvalue weighted by Gasteiger charge is 2.38. The molecule has 1 heterocycles. The second-order valence-corrected chi connectivity index (χ2v) is 7.94. The SMILES string of the molecule is CCCCC(=O)Nc1ccc(N(C)CCc2c(C)nn(C)c2C)c(C(=O)O)c1.O=C(O)C(F)(F)F. The first-order chi connectivity index (χ1) is 16.2. The Labute approximate surface area is 201 Å². The highest BCUT2D eigenvalue weighted by Crippen LogP contribution is 2.25. The van der Waals surface area contributed by atoms with Crippen LogP contribution in [0.5, 0.6) is 0 Å². The Kier molecular flexibility index (Phi) is 10.7. The normalized spacial score (nSPS) is 10.9. The van der Waals surface area contributed by atoms with Crippen molar-refractivity contribution in [3.8, 4) is 0 Å². The Hall–Kier alpha value is -3.57. The van der Waals surface area contributed by atoms with Gasteiger partial charge in [0, 0.05) is 38.4 Å². The molecular formula is C23H31F3N4O5. The molecule has 0 unspecified atom stereocenters. The fraction of sp³-hybridized carbons (Fsp3) is 0.478. The number of carboxylic acid groups (broad SMARTS) is 2. The van der Waals surface area contributed by atoms with E-state index in [9.17, 15) is 27.9 Å². The lowest BCUT2D eigenvalue weighted by molar-refractivity contribution is -0.192. The number of rotatable bonds is 9. The summed E-state index contributed by atoms with van der Waals surface area (Å²) in [5.41, 5.74) is 4.61. The van der Waals surface area contributed by atoms with Crippen LogP contribution in [0.2, 0.25) is 0 Å². The topological polar surface area (TPSA) is 125 Å². The summed E-state index contributed by atoms with van der Waals surface area (Å²) in [7, 11) is 3.80. The Balaban J connectivity index is 0.000000762. The largest absolute Gasteiger partial charge is 0.490 e. The van der Waals surface area contributed by atoms with Crippen molar-refractivity contribution in [1.82, 2.24) is 9.78 Å². The van der Waals surface area contributed by atoms with Gasteiger partial charge in [0.1, 0.15) is 0 Å². The van der Waals surface area contributed by atoms with Crippen molar-refractivity contribution in [2.24, 2.45) is 7.05 Å². The number of hydrogen-bond acceptors (Lipinski definition) is 5. The minimum Gasteiger partial charge on any atom is -0.478 e. The second-order valence-electron chi connectivity index (χ2n) is 7.94. The van der Waals surface area contributed by atoms with Crippen LogP contribution in [0.15, 0.2) is 18.2 Å². The van der Waals surface area contributed by atoms with E-state index in [1.165, 1.54) is 11.6 Å². The zero-order valence-corrected chi connectivity index (χ0v) is 20.4. The summed E-state index contributed by atoms with van der Waals surface area (Å²) in [4.78, 5) is 34.5. The van der Waals surface area contributed by atoms with E-state index in [1.807, 2.05) is 44.4 Å². The highest BCUT2D eigenvalue weighted by molar-refractivity contribution is 5.98. The van der Waals surface area contributed by atoms with Gasteiger partial charge in [0.05, 0.1) is 16.9 Å². The molecule has 2 aromatic rings. The van der Waals surface area contributed by atoms with Crippen molar-refractivity contribution < 1.29 is 37.8 Å². The number of alkyl halides is 3. The lowest BCUT2D eigenvalue weighted by Crippen LogP contribution is -2.23. The predicted octanol–water partition coefficient (Wildman–Crippen LogP) is 4.18. The molecule has 194 valence electrons. The summed E-state index contributed by atoms with van der Waals surface area (Å²) in [6.45, 7) is 6.71. The number of unbranched alkanes of at least 4 members (excludes halogenated alkanes) is 1. The third-order valence-electron chi connectivity index (χ3n) is 5.28. The van der Waals surface area contributed by atoms with Crippen LogP contribution in [-0.2, 0) is 23.1 Å². The number of aromatic nitrogens is 2. The fourth-order valence-corrected chi connectivity index (χ4v) is 3.26. The molecule has 0 saturated carbocycles. The maximum absolute atomic E-state index is 11.9. The number of carbonyl (C=O) groups excluding carboxylic acids is 1. The minimum absolute atomic E-state index is 0.0955. The molecule has 0 radical (unpaired) electrons. The van der Waals surface area contributed by atoms with E-state index in [-0.39, 0.29) is 11.5 Å². The maximum Gasteiger partial charge on any atom is 0.490 e. The number of carbonyl (C=O) groups is 3. The van der Waals surface area contributed by atoms with Gasteiger partial charge in [-0.05, 0) is 50.5 Å². The van der Waals surface area contributed by atoms with Gasteiger partial charge >= 0.3 is 18.1 Å². The monoisotopic (exact) mass is 500 g/mol. The maximum atomic E-state index is 11.9. The highest BCUT2D eigenvalue weighted by atomic mass is 19.4. The van der Waals surface area contributed by atoms with Crippen LogP contribution in [0.3, 0.4) is 0 Å². The molecule has 2 rings (SSSR count). The fourth-order valence-electron chi connectivity index (χ4n) is 3.26. The molecule has 9 nitrogen and oxygen atoms in total. The lowest BCUT2D eigenvalue weighted by Gasteiger charge is -2.22. The first-order valence-electron chi connectivity index (χ1n) is 10.9. The number of benzene rings is 1. The van der Waals surface area contributed by atoms with Crippen molar-refractivity contribution in [2.75, 3.05) is 23.8 Å². The standard InChI is InChI=1S/C21H30N4O3.C2HF3O2/c1-6-7-8-20(26)22-16-9-10-19(18(13-16)21(27)28)24(4)12-11-17-14(2)23-25(5)15(17)3;3-2(4,5)1(6)7/h9-10,13H,6-8,11-12H2,1-5H3,(H,22,26)(H,27,28);(H,6,7). The van der Waals surface area contributed by atoms with Crippen molar-refractivity contribution >= 4 is 29.2 Å². The quantitative estimate of drug-likeness (QED) is 0.472. The van der Waals surface area contributed by atoms with Crippen LogP contribution in [0.4, 0.5) is 24.5 Å². The van der Waals surface area contributed by atoms with Gasteiger partial charge in [0.15, 0.2) is 0 Å². The first kappa shape index (κ1) is 29.5. The van der Waals surface area contributed by atoms with E-state index in [1.54, 1.807) is 12.1 Å². The molecule has 1 aromatic heterocycles. The van der Waals surface area contributed by atoms with Gasteiger partial charge < -0.3 is 20.4 Å². The Morgan fingerprint density at radius 1 is 1.17 bits per heavy atom. The van der Waals surface area contributed by atoms with Gasteiger partial charge in [0.25, 0.3) is 0 Å². The molecule has 0 aliphatic heterocycles. The number of nitrogens with one attached hydrogen (secondary N) is 1. The van der Waals surface area contributed by atoms with Crippen LogP contribution in [-0.4, -0.2) is 57.6 Å².